The minimum absolute atomic E-state index is 0.142. The van der Waals surface area contributed by atoms with E-state index >= 15 is 0 Å². The number of fused-ring (bicyclic) bond motifs is 1. The van der Waals surface area contributed by atoms with Gasteiger partial charge in [-0.15, -0.1) is 0 Å². The Morgan fingerprint density at radius 2 is 2.04 bits per heavy atom. The SMILES string of the molecule is CNC(C)Cc1noc(C2Cc3ccccc3CN2C(=O)CC(C)C)n1. The van der Waals surface area contributed by atoms with Crippen LogP contribution in [0.1, 0.15) is 56.1 Å². The molecule has 3 rings (SSSR count). The summed E-state index contributed by atoms with van der Waals surface area (Å²) in [4.78, 5) is 19.4. The molecule has 2 unspecified atom stereocenters. The van der Waals surface area contributed by atoms with Gasteiger partial charge in [-0.2, -0.15) is 4.98 Å². The predicted octanol–water partition coefficient (Wildman–Crippen LogP) is 2.89. The lowest BCUT2D eigenvalue weighted by Gasteiger charge is -2.35. The van der Waals surface area contributed by atoms with Crippen molar-refractivity contribution in [1.29, 1.82) is 0 Å². The lowest BCUT2D eigenvalue weighted by atomic mass is 9.93. The molecule has 0 saturated heterocycles. The van der Waals surface area contributed by atoms with Crippen molar-refractivity contribution < 1.29 is 9.32 Å². The summed E-state index contributed by atoms with van der Waals surface area (Å²) in [5.41, 5.74) is 2.44. The molecule has 0 fully saturated rings. The smallest absolute Gasteiger partial charge is 0.249 e. The Kier molecular flexibility index (Phi) is 5.71. The van der Waals surface area contributed by atoms with Crippen LogP contribution in [-0.2, 0) is 24.2 Å². The van der Waals surface area contributed by atoms with Crippen molar-refractivity contribution in [2.24, 2.45) is 5.92 Å². The van der Waals surface area contributed by atoms with Gasteiger partial charge in [-0.25, -0.2) is 0 Å². The minimum atomic E-state index is -0.192. The summed E-state index contributed by atoms with van der Waals surface area (Å²) < 4.78 is 5.57. The van der Waals surface area contributed by atoms with E-state index in [-0.39, 0.29) is 18.0 Å². The lowest BCUT2D eigenvalue weighted by molar-refractivity contribution is -0.136. The van der Waals surface area contributed by atoms with Gasteiger partial charge in [0.15, 0.2) is 5.82 Å². The second kappa shape index (κ2) is 7.99. The largest absolute Gasteiger partial charge is 0.337 e. The van der Waals surface area contributed by atoms with E-state index < -0.39 is 0 Å². The van der Waals surface area contributed by atoms with Gasteiger partial charge in [0.1, 0.15) is 6.04 Å². The molecule has 1 amide bonds. The molecule has 1 aliphatic heterocycles. The van der Waals surface area contributed by atoms with Crippen molar-refractivity contribution in [2.45, 2.75) is 58.7 Å². The monoisotopic (exact) mass is 356 g/mol. The number of rotatable bonds is 6. The standard InChI is InChI=1S/C20H28N4O2/c1-13(2)9-19(25)24-12-16-8-6-5-7-15(16)11-17(24)20-22-18(23-26-20)10-14(3)21-4/h5-8,13-14,17,21H,9-12H2,1-4H3. The average Bonchev–Trinajstić information content (AvgIpc) is 3.08. The highest BCUT2D eigenvalue weighted by atomic mass is 16.5. The fraction of sp³-hybridized carbons (Fsp3) is 0.550. The molecule has 1 N–H and O–H groups in total. The Morgan fingerprint density at radius 1 is 1.31 bits per heavy atom. The van der Waals surface area contributed by atoms with Gasteiger partial charge in [-0.05, 0) is 31.0 Å². The normalized spacial score (nSPS) is 18.0. The molecule has 0 radical (unpaired) electrons. The molecule has 2 atom stereocenters. The topological polar surface area (TPSA) is 71.3 Å². The molecule has 0 saturated carbocycles. The minimum Gasteiger partial charge on any atom is -0.337 e. The third-order valence-corrected chi connectivity index (χ3v) is 4.90. The maximum Gasteiger partial charge on any atom is 0.249 e. The highest BCUT2D eigenvalue weighted by Gasteiger charge is 2.34. The number of amides is 1. The Labute approximate surface area is 155 Å². The Hall–Kier alpha value is -2.21. The molecular weight excluding hydrogens is 328 g/mol. The zero-order chi connectivity index (χ0) is 18.7. The highest BCUT2D eigenvalue weighted by molar-refractivity contribution is 5.77. The second-order valence-electron chi connectivity index (χ2n) is 7.55. The molecule has 1 aromatic heterocycles. The van der Waals surface area contributed by atoms with Crippen molar-refractivity contribution in [3.05, 3.63) is 47.1 Å². The van der Waals surface area contributed by atoms with Crippen LogP contribution in [0.2, 0.25) is 0 Å². The van der Waals surface area contributed by atoms with E-state index in [0.29, 0.717) is 43.4 Å². The molecule has 26 heavy (non-hydrogen) atoms. The van der Waals surface area contributed by atoms with Crippen LogP contribution in [0, 0.1) is 5.92 Å². The van der Waals surface area contributed by atoms with E-state index in [1.807, 2.05) is 24.1 Å². The first-order valence-electron chi connectivity index (χ1n) is 9.34. The zero-order valence-electron chi connectivity index (χ0n) is 16.0. The van der Waals surface area contributed by atoms with Crippen LogP contribution in [0.25, 0.3) is 0 Å². The maximum absolute atomic E-state index is 12.9. The number of hydrogen-bond acceptors (Lipinski definition) is 5. The number of nitrogens with one attached hydrogen (secondary N) is 1. The van der Waals surface area contributed by atoms with Crippen LogP contribution in [0.4, 0.5) is 0 Å². The van der Waals surface area contributed by atoms with Crippen LogP contribution < -0.4 is 5.32 Å². The van der Waals surface area contributed by atoms with Gasteiger partial charge in [-0.3, -0.25) is 4.79 Å². The van der Waals surface area contributed by atoms with Crippen molar-refractivity contribution >= 4 is 5.91 Å². The van der Waals surface area contributed by atoms with Crippen LogP contribution >= 0.6 is 0 Å². The Balaban J connectivity index is 1.87. The summed E-state index contributed by atoms with van der Waals surface area (Å²) in [6, 6.07) is 8.35. The number of likely N-dealkylation sites (N-methyl/N-ethyl adjacent to an activating group) is 1. The first kappa shape index (κ1) is 18.6. The highest BCUT2D eigenvalue weighted by Crippen LogP contribution is 2.33. The molecule has 6 nitrogen and oxygen atoms in total. The van der Waals surface area contributed by atoms with Gasteiger partial charge >= 0.3 is 0 Å². The molecule has 0 bridgehead atoms. The van der Waals surface area contributed by atoms with E-state index in [1.54, 1.807) is 0 Å². The molecule has 140 valence electrons. The third-order valence-electron chi connectivity index (χ3n) is 4.90. The molecule has 2 heterocycles. The molecule has 2 aromatic rings. The second-order valence-corrected chi connectivity index (χ2v) is 7.55. The summed E-state index contributed by atoms with van der Waals surface area (Å²) >= 11 is 0. The van der Waals surface area contributed by atoms with Crippen LogP contribution in [0.5, 0.6) is 0 Å². The number of aromatic nitrogens is 2. The quantitative estimate of drug-likeness (QED) is 0.862. The van der Waals surface area contributed by atoms with Gasteiger partial charge < -0.3 is 14.7 Å². The predicted molar refractivity (Wildman–Crippen MR) is 99.4 cm³/mol. The summed E-state index contributed by atoms with van der Waals surface area (Å²) in [7, 11) is 1.91. The molecule has 0 aliphatic carbocycles. The fourth-order valence-electron chi connectivity index (χ4n) is 3.33. The van der Waals surface area contributed by atoms with Crippen molar-refractivity contribution in [3.63, 3.8) is 0 Å². The maximum atomic E-state index is 12.9. The first-order chi connectivity index (χ1) is 12.5. The Bertz CT molecular complexity index is 756. The molecule has 1 aliphatic rings. The van der Waals surface area contributed by atoms with Gasteiger partial charge in [-0.1, -0.05) is 43.3 Å². The van der Waals surface area contributed by atoms with Gasteiger partial charge in [0.2, 0.25) is 11.8 Å². The van der Waals surface area contributed by atoms with E-state index in [2.05, 4.69) is 48.4 Å². The van der Waals surface area contributed by atoms with Crippen molar-refractivity contribution in [2.75, 3.05) is 7.05 Å². The summed E-state index contributed by atoms with van der Waals surface area (Å²) in [6.07, 6.45) is 1.93. The number of benzene rings is 1. The zero-order valence-corrected chi connectivity index (χ0v) is 16.0. The van der Waals surface area contributed by atoms with E-state index in [9.17, 15) is 4.79 Å². The molecular formula is C20H28N4O2. The summed E-state index contributed by atoms with van der Waals surface area (Å²) in [5, 5.41) is 7.30. The van der Waals surface area contributed by atoms with E-state index in [4.69, 9.17) is 4.52 Å². The van der Waals surface area contributed by atoms with Crippen LogP contribution in [0.15, 0.2) is 28.8 Å². The van der Waals surface area contributed by atoms with Crippen LogP contribution in [0.3, 0.4) is 0 Å². The molecule has 0 spiro atoms. The van der Waals surface area contributed by atoms with E-state index in [0.717, 1.165) is 0 Å². The number of carbonyl (C=O) groups is 1. The number of hydrogen-bond donors (Lipinski definition) is 1. The van der Waals surface area contributed by atoms with Crippen LogP contribution in [-0.4, -0.2) is 34.0 Å². The fourth-order valence-corrected chi connectivity index (χ4v) is 3.33. The Morgan fingerprint density at radius 3 is 2.73 bits per heavy atom. The number of nitrogens with zero attached hydrogens (tertiary/aromatic N) is 3. The van der Waals surface area contributed by atoms with Gasteiger partial charge in [0.05, 0.1) is 0 Å². The third kappa shape index (κ3) is 4.12. The molecule has 1 aromatic carbocycles. The van der Waals surface area contributed by atoms with Crippen molar-refractivity contribution in [1.82, 2.24) is 20.4 Å². The lowest BCUT2D eigenvalue weighted by Crippen LogP contribution is -2.39. The van der Waals surface area contributed by atoms with Gasteiger partial charge in [0.25, 0.3) is 0 Å². The first-order valence-corrected chi connectivity index (χ1v) is 9.34. The summed E-state index contributed by atoms with van der Waals surface area (Å²) in [6.45, 7) is 6.80. The van der Waals surface area contributed by atoms with Crippen molar-refractivity contribution in [3.8, 4) is 0 Å². The molecule has 6 heteroatoms. The summed E-state index contributed by atoms with van der Waals surface area (Å²) in [5.74, 6) is 1.67. The number of carbonyl (C=O) groups excluding carboxylic acids is 1. The van der Waals surface area contributed by atoms with E-state index in [1.165, 1.54) is 11.1 Å². The average molecular weight is 356 g/mol. The van der Waals surface area contributed by atoms with Gasteiger partial charge in [0, 0.05) is 31.8 Å².